The SMILES string of the molecule is CCSCCCNC1CCCC(C(N)=O)C1. The summed E-state index contributed by atoms with van der Waals surface area (Å²) in [5.41, 5.74) is 5.35. The normalized spacial score (nSPS) is 25.6. The average Bonchev–Trinajstić information content (AvgIpc) is 2.29. The fraction of sp³-hybridized carbons (Fsp3) is 0.917. The molecule has 1 fully saturated rings. The molecule has 0 radical (unpaired) electrons. The first-order valence-corrected chi connectivity index (χ1v) is 7.50. The maximum Gasteiger partial charge on any atom is 0.220 e. The zero-order chi connectivity index (χ0) is 11.8. The lowest BCUT2D eigenvalue weighted by atomic mass is 9.85. The van der Waals surface area contributed by atoms with Crippen LogP contribution in [0, 0.1) is 5.92 Å². The average molecular weight is 244 g/mol. The van der Waals surface area contributed by atoms with E-state index >= 15 is 0 Å². The third-order valence-corrected chi connectivity index (χ3v) is 4.16. The van der Waals surface area contributed by atoms with Crippen molar-refractivity contribution in [2.75, 3.05) is 18.1 Å². The zero-order valence-corrected chi connectivity index (χ0v) is 11.0. The third kappa shape index (κ3) is 5.21. The summed E-state index contributed by atoms with van der Waals surface area (Å²) in [5.74, 6) is 2.42. The van der Waals surface area contributed by atoms with E-state index in [0.717, 1.165) is 25.8 Å². The first-order chi connectivity index (χ1) is 7.74. The summed E-state index contributed by atoms with van der Waals surface area (Å²) in [6, 6.07) is 0.512. The van der Waals surface area contributed by atoms with E-state index in [1.165, 1.54) is 24.3 Å². The van der Waals surface area contributed by atoms with Gasteiger partial charge in [-0.1, -0.05) is 13.3 Å². The molecule has 1 saturated carbocycles. The Balaban J connectivity index is 2.10. The molecule has 2 atom stereocenters. The van der Waals surface area contributed by atoms with Crippen molar-refractivity contribution < 1.29 is 4.79 Å². The van der Waals surface area contributed by atoms with Gasteiger partial charge in [-0.3, -0.25) is 4.79 Å². The largest absolute Gasteiger partial charge is 0.369 e. The smallest absolute Gasteiger partial charge is 0.220 e. The summed E-state index contributed by atoms with van der Waals surface area (Å²) < 4.78 is 0. The monoisotopic (exact) mass is 244 g/mol. The van der Waals surface area contributed by atoms with E-state index in [9.17, 15) is 4.79 Å². The van der Waals surface area contributed by atoms with E-state index < -0.39 is 0 Å². The summed E-state index contributed by atoms with van der Waals surface area (Å²) in [5, 5.41) is 3.54. The molecule has 0 aliphatic heterocycles. The molecule has 1 amide bonds. The van der Waals surface area contributed by atoms with Gasteiger partial charge >= 0.3 is 0 Å². The zero-order valence-electron chi connectivity index (χ0n) is 10.2. The second-order valence-electron chi connectivity index (χ2n) is 4.47. The quantitative estimate of drug-likeness (QED) is 0.671. The van der Waals surface area contributed by atoms with Crippen LogP contribution >= 0.6 is 11.8 Å². The van der Waals surface area contributed by atoms with Gasteiger partial charge in [0.25, 0.3) is 0 Å². The Kier molecular flexibility index (Phi) is 6.88. The van der Waals surface area contributed by atoms with Gasteiger partial charge in [0.05, 0.1) is 0 Å². The number of hydrogen-bond donors (Lipinski definition) is 2. The van der Waals surface area contributed by atoms with Crippen molar-refractivity contribution in [3.63, 3.8) is 0 Å². The van der Waals surface area contributed by atoms with Gasteiger partial charge in [-0.2, -0.15) is 11.8 Å². The number of thioether (sulfide) groups is 1. The van der Waals surface area contributed by atoms with Crippen LogP contribution in [0.3, 0.4) is 0 Å². The van der Waals surface area contributed by atoms with Gasteiger partial charge in [0.15, 0.2) is 0 Å². The number of primary amides is 1. The molecule has 3 N–H and O–H groups in total. The van der Waals surface area contributed by atoms with Gasteiger partial charge in [-0.05, 0) is 43.7 Å². The first kappa shape index (κ1) is 13.8. The molecule has 0 aromatic rings. The number of nitrogens with one attached hydrogen (secondary N) is 1. The van der Waals surface area contributed by atoms with Crippen LogP contribution in [-0.2, 0) is 4.79 Å². The maximum atomic E-state index is 11.1. The molecular weight excluding hydrogens is 220 g/mol. The first-order valence-electron chi connectivity index (χ1n) is 6.34. The molecule has 0 bridgehead atoms. The molecule has 1 aliphatic rings. The lowest BCUT2D eigenvalue weighted by Crippen LogP contribution is -2.38. The van der Waals surface area contributed by atoms with Gasteiger partial charge in [0, 0.05) is 12.0 Å². The van der Waals surface area contributed by atoms with Crippen molar-refractivity contribution >= 4 is 17.7 Å². The molecule has 1 rings (SSSR count). The Morgan fingerprint density at radius 3 is 3.00 bits per heavy atom. The Morgan fingerprint density at radius 2 is 2.31 bits per heavy atom. The lowest BCUT2D eigenvalue weighted by molar-refractivity contribution is -0.122. The molecule has 0 aromatic heterocycles. The third-order valence-electron chi connectivity index (χ3n) is 3.18. The fourth-order valence-electron chi connectivity index (χ4n) is 2.26. The Hall–Kier alpha value is -0.220. The molecule has 0 spiro atoms. The number of carbonyl (C=O) groups is 1. The molecule has 0 aromatic carbocycles. The fourth-order valence-corrected chi connectivity index (χ4v) is 2.90. The highest BCUT2D eigenvalue weighted by Crippen LogP contribution is 2.23. The summed E-state index contributed by atoms with van der Waals surface area (Å²) >= 11 is 1.99. The molecular formula is C12H24N2OS. The van der Waals surface area contributed by atoms with Crippen molar-refractivity contribution in [1.82, 2.24) is 5.32 Å². The molecule has 1 aliphatic carbocycles. The van der Waals surface area contributed by atoms with Gasteiger partial charge < -0.3 is 11.1 Å². The van der Waals surface area contributed by atoms with Crippen molar-refractivity contribution in [3.05, 3.63) is 0 Å². The Labute approximate surface area is 103 Å². The van der Waals surface area contributed by atoms with Crippen LogP contribution in [0.2, 0.25) is 0 Å². The van der Waals surface area contributed by atoms with Crippen molar-refractivity contribution in [3.8, 4) is 0 Å². The minimum Gasteiger partial charge on any atom is -0.369 e. The molecule has 0 heterocycles. The van der Waals surface area contributed by atoms with E-state index in [1.54, 1.807) is 0 Å². The van der Waals surface area contributed by atoms with Crippen LogP contribution in [0.1, 0.15) is 39.0 Å². The van der Waals surface area contributed by atoms with Gasteiger partial charge in [0.1, 0.15) is 0 Å². The van der Waals surface area contributed by atoms with Crippen molar-refractivity contribution in [2.45, 2.75) is 45.1 Å². The minimum absolute atomic E-state index is 0.108. The van der Waals surface area contributed by atoms with Crippen molar-refractivity contribution in [2.24, 2.45) is 11.7 Å². The van der Waals surface area contributed by atoms with E-state index in [-0.39, 0.29) is 11.8 Å². The number of rotatable bonds is 7. The second kappa shape index (κ2) is 7.96. The highest BCUT2D eigenvalue weighted by molar-refractivity contribution is 7.99. The van der Waals surface area contributed by atoms with Crippen LogP contribution in [0.15, 0.2) is 0 Å². The van der Waals surface area contributed by atoms with E-state index in [4.69, 9.17) is 5.73 Å². The Bertz CT molecular complexity index is 211. The molecule has 94 valence electrons. The van der Waals surface area contributed by atoms with Gasteiger partial charge in [-0.15, -0.1) is 0 Å². The molecule has 4 heteroatoms. The summed E-state index contributed by atoms with van der Waals surface area (Å²) in [4.78, 5) is 11.1. The summed E-state index contributed by atoms with van der Waals surface area (Å²) in [6.45, 7) is 3.26. The standard InChI is InChI=1S/C12H24N2OS/c1-2-16-8-4-7-14-11-6-3-5-10(9-11)12(13)15/h10-11,14H,2-9H2,1H3,(H2,13,15). The highest BCUT2D eigenvalue weighted by atomic mass is 32.2. The van der Waals surface area contributed by atoms with E-state index in [2.05, 4.69) is 12.2 Å². The van der Waals surface area contributed by atoms with Gasteiger partial charge in [0.2, 0.25) is 5.91 Å². The predicted molar refractivity (Wildman–Crippen MR) is 70.6 cm³/mol. The molecule has 0 saturated heterocycles. The summed E-state index contributed by atoms with van der Waals surface area (Å²) in [7, 11) is 0. The summed E-state index contributed by atoms with van der Waals surface area (Å²) in [6.07, 6.45) is 5.48. The van der Waals surface area contributed by atoms with Crippen LogP contribution in [0.25, 0.3) is 0 Å². The van der Waals surface area contributed by atoms with Crippen molar-refractivity contribution in [1.29, 1.82) is 0 Å². The topological polar surface area (TPSA) is 55.1 Å². The van der Waals surface area contributed by atoms with Crippen LogP contribution in [0.5, 0.6) is 0 Å². The minimum atomic E-state index is -0.118. The van der Waals surface area contributed by atoms with Crippen LogP contribution < -0.4 is 11.1 Å². The van der Waals surface area contributed by atoms with Crippen LogP contribution in [-0.4, -0.2) is 30.0 Å². The number of nitrogens with two attached hydrogens (primary N) is 1. The Morgan fingerprint density at radius 1 is 1.50 bits per heavy atom. The molecule has 3 nitrogen and oxygen atoms in total. The number of carbonyl (C=O) groups excluding carboxylic acids is 1. The van der Waals surface area contributed by atoms with E-state index in [1.807, 2.05) is 11.8 Å². The second-order valence-corrected chi connectivity index (χ2v) is 5.86. The van der Waals surface area contributed by atoms with Crippen LogP contribution in [0.4, 0.5) is 0 Å². The molecule has 2 unspecified atom stereocenters. The highest BCUT2D eigenvalue weighted by Gasteiger charge is 2.24. The maximum absolute atomic E-state index is 11.1. The van der Waals surface area contributed by atoms with E-state index in [0.29, 0.717) is 6.04 Å². The number of hydrogen-bond acceptors (Lipinski definition) is 3. The predicted octanol–water partition coefficient (Wildman–Crippen LogP) is 1.76. The molecule has 16 heavy (non-hydrogen) atoms. The number of amides is 1. The lowest BCUT2D eigenvalue weighted by Gasteiger charge is -2.28. The van der Waals surface area contributed by atoms with Gasteiger partial charge in [-0.25, -0.2) is 0 Å².